The molecule has 0 radical (unpaired) electrons. The zero-order chi connectivity index (χ0) is 18.1. The molecule has 0 atom stereocenters. The quantitative estimate of drug-likeness (QED) is 0.709. The minimum atomic E-state index is -3.61. The molecular weight excluding hydrogens is 388 g/mol. The summed E-state index contributed by atoms with van der Waals surface area (Å²) in [5.41, 5.74) is 2.30. The predicted octanol–water partition coefficient (Wildman–Crippen LogP) is 4.20. The van der Waals surface area contributed by atoms with Crippen molar-refractivity contribution in [3.63, 3.8) is 0 Å². The summed E-state index contributed by atoms with van der Waals surface area (Å²) in [5, 5.41) is 3.60. The Bertz CT molecular complexity index is 1030. The summed E-state index contributed by atoms with van der Waals surface area (Å²) < 4.78 is 27.8. The molecule has 26 heavy (non-hydrogen) atoms. The van der Waals surface area contributed by atoms with Crippen molar-refractivity contribution in [2.24, 2.45) is 0 Å². The normalized spacial score (nSPS) is 14.1. The Hall–Kier alpha value is -2.16. The van der Waals surface area contributed by atoms with Gasteiger partial charge >= 0.3 is 0 Å². The predicted molar refractivity (Wildman–Crippen MR) is 106 cm³/mol. The summed E-state index contributed by atoms with van der Waals surface area (Å²) in [7, 11) is -3.61. The Morgan fingerprint density at radius 3 is 2.62 bits per heavy atom. The molecule has 0 saturated heterocycles. The number of hydrogen-bond donors (Lipinski definition) is 1. The van der Waals surface area contributed by atoms with Crippen LogP contribution in [-0.4, -0.2) is 20.9 Å². The van der Waals surface area contributed by atoms with Crippen LogP contribution in [0.4, 0.5) is 11.4 Å². The van der Waals surface area contributed by atoms with Crippen molar-refractivity contribution >= 4 is 50.0 Å². The Labute approximate surface area is 160 Å². The van der Waals surface area contributed by atoms with E-state index in [1.54, 1.807) is 34.5 Å². The molecule has 2 aromatic heterocycles. The number of anilines is 2. The monoisotopic (exact) mass is 404 g/mol. The molecule has 0 unspecified atom stereocenters. The molecule has 3 heterocycles. The van der Waals surface area contributed by atoms with Crippen LogP contribution >= 0.6 is 22.7 Å². The summed E-state index contributed by atoms with van der Waals surface area (Å²) in [6, 6.07) is 12.3. The van der Waals surface area contributed by atoms with Crippen LogP contribution in [0.5, 0.6) is 0 Å². The Kier molecular flexibility index (Phi) is 4.56. The van der Waals surface area contributed by atoms with Gasteiger partial charge in [-0.3, -0.25) is 9.52 Å². The van der Waals surface area contributed by atoms with Crippen LogP contribution in [-0.2, 0) is 16.4 Å². The van der Waals surface area contributed by atoms with Crippen molar-refractivity contribution in [3.05, 3.63) is 63.7 Å². The lowest BCUT2D eigenvalue weighted by Crippen LogP contribution is -2.35. The number of rotatable bonds is 4. The zero-order valence-electron chi connectivity index (χ0n) is 13.7. The lowest BCUT2D eigenvalue weighted by molar-refractivity contribution is 0.0989. The lowest BCUT2D eigenvalue weighted by atomic mass is 10.0. The number of hydrogen-bond acceptors (Lipinski definition) is 5. The van der Waals surface area contributed by atoms with E-state index in [1.165, 1.54) is 22.7 Å². The summed E-state index contributed by atoms with van der Waals surface area (Å²) in [4.78, 5) is 15.2. The van der Waals surface area contributed by atoms with Crippen LogP contribution in [0.2, 0.25) is 0 Å². The first kappa shape index (κ1) is 17.3. The van der Waals surface area contributed by atoms with E-state index >= 15 is 0 Å². The van der Waals surface area contributed by atoms with Gasteiger partial charge in [0.25, 0.3) is 15.9 Å². The topological polar surface area (TPSA) is 66.5 Å². The van der Waals surface area contributed by atoms with E-state index in [4.69, 9.17) is 0 Å². The van der Waals surface area contributed by atoms with Gasteiger partial charge in [-0.15, -0.1) is 22.7 Å². The minimum Gasteiger partial charge on any atom is -0.307 e. The molecule has 0 saturated carbocycles. The molecule has 0 spiro atoms. The van der Waals surface area contributed by atoms with Gasteiger partial charge < -0.3 is 4.90 Å². The number of carbonyl (C=O) groups excluding carboxylic acids is 1. The molecule has 1 amide bonds. The standard InChI is InChI=1S/C18H16N2O3S3/c21-18(16-5-2-10-24-16)20-9-1-4-13-7-8-14(12-15(13)20)19-26(22,23)17-6-3-11-25-17/h2-3,5-8,10-12,19H,1,4,9H2. The second kappa shape index (κ2) is 6.86. The van der Waals surface area contributed by atoms with E-state index in [9.17, 15) is 13.2 Å². The van der Waals surface area contributed by atoms with Crippen molar-refractivity contribution in [1.29, 1.82) is 0 Å². The Morgan fingerprint density at radius 1 is 1.08 bits per heavy atom. The number of carbonyl (C=O) groups is 1. The first-order chi connectivity index (χ1) is 12.5. The average Bonchev–Trinajstić information content (AvgIpc) is 3.34. The van der Waals surface area contributed by atoms with Crippen molar-refractivity contribution in [1.82, 2.24) is 0 Å². The molecule has 1 aliphatic rings. The molecule has 0 bridgehead atoms. The highest BCUT2D eigenvalue weighted by molar-refractivity contribution is 7.94. The van der Waals surface area contributed by atoms with E-state index in [-0.39, 0.29) is 10.1 Å². The number of sulfonamides is 1. The van der Waals surface area contributed by atoms with Crippen LogP contribution in [0.1, 0.15) is 21.7 Å². The van der Waals surface area contributed by atoms with Gasteiger partial charge in [0.1, 0.15) is 4.21 Å². The van der Waals surface area contributed by atoms with Crippen molar-refractivity contribution in [2.45, 2.75) is 17.1 Å². The highest BCUT2D eigenvalue weighted by Crippen LogP contribution is 2.32. The van der Waals surface area contributed by atoms with Crippen LogP contribution in [0.3, 0.4) is 0 Å². The maximum atomic E-state index is 12.8. The number of thiophene rings is 2. The van der Waals surface area contributed by atoms with Crippen LogP contribution in [0.25, 0.3) is 0 Å². The summed E-state index contributed by atoms with van der Waals surface area (Å²) in [5.74, 6) is -0.0424. The average molecular weight is 405 g/mol. The van der Waals surface area contributed by atoms with Gasteiger partial charge in [0.15, 0.2) is 0 Å². The number of amides is 1. The van der Waals surface area contributed by atoms with Crippen molar-refractivity contribution in [2.75, 3.05) is 16.2 Å². The van der Waals surface area contributed by atoms with E-state index in [0.717, 1.165) is 24.1 Å². The zero-order valence-corrected chi connectivity index (χ0v) is 16.2. The van der Waals surface area contributed by atoms with Crippen LogP contribution < -0.4 is 9.62 Å². The molecule has 1 aromatic carbocycles. The number of nitrogens with one attached hydrogen (secondary N) is 1. The summed E-state index contributed by atoms with van der Waals surface area (Å²) in [6.45, 7) is 0.630. The number of benzene rings is 1. The lowest BCUT2D eigenvalue weighted by Gasteiger charge is -2.29. The molecule has 4 rings (SSSR count). The first-order valence-corrected chi connectivity index (χ1v) is 11.3. The second-order valence-electron chi connectivity index (χ2n) is 5.92. The Balaban J connectivity index is 1.66. The van der Waals surface area contributed by atoms with E-state index in [2.05, 4.69) is 4.72 Å². The largest absolute Gasteiger partial charge is 0.307 e. The number of fused-ring (bicyclic) bond motifs is 1. The molecule has 134 valence electrons. The molecule has 1 aliphatic heterocycles. The number of nitrogens with zero attached hydrogens (tertiary/aromatic N) is 1. The fourth-order valence-corrected chi connectivity index (χ4v) is 5.72. The number of aryl methyl sites for hydroxylation is 1. The van der Waals surface area contributed by atoms with E-state index in [0.29, 0.717) is 17.1 Å². The van der Waals surface area contributed by atoms with Crippen molar-refractivity contribution < 1.29 is 13.2 Å². The molecule has 8 heteroatoms. The molecule has 1 N–H and O–H groups in total. The van der Waals surface area contributed by atoms with Gasteiger partial charge in [-0.1, -0.05) is 18.2 Å². The van der Waals surface area contributed by atoms with Crippen molar-refractivity contribution in [3.8, 4) is 0 Å². The molecule has 5 nitrogen and oxygen atoms in total. The van der Waals surface area contributed by atoms with E-state index < -0.39 is 10.0 Å². The van der Waals surface area contributed by atoms with Gasteiger partial charge in [0.2, 0.25) is 0 Å². The van der Waals surface area contributed by atoms with Gasteiger partial charge in [0, 0.05) is 12.2 Å². The minimum absolute atomic E-state index is 0.0424. The SMILES string of the molecule is O=C(c1cccs1)N1CCCc2ccc(NS(=O)(=O)c3cccs3)cc21. The third kappa shape index (κ3) is 3.27. The third-order valence-electron chi connectivity index (χ3n) is 4.19. The summed E-state index contributed by atoms with van der Waals surface area (Å²) in [6.07, 6.45) is 1.77. The molecule has 3 aromatic rings. The molecule has 0 fully saturated rings. The Morgan fingerprint density at radius 2 is 1.88 bits per heavy atom. The van der Waals surface area contributed by atoms with Gasteiger partial charge in [0.05, 0.1) is 10.6 Å². The smallest absolute Gasteiger partial charge is 0.271 e. The highest BCUT2D eigenvalue weighted by atomic mass is 32.2. The van der Waals surface area contributed by atoms with Gasteiger partial charge in [-0.05, 0) is 53.4 Å². The maximum absolute atomic E-state index is 12.8. The second-order valence-corrected chi connectivity index (χ2v) is 9.72. The van der Waals surface area contributed by atoms with Gasteiger partial charge in [-0.2, -0.15) is 0 Å². The first-order valence-electron chi connectivity index (χ1n) is 8.09. The van der Waals surface area contributed by atoms with Gasteiger partial charge in [-0.25, -0.2) is 8.42 Å². The fraction of sp³-hybridized carbons (Fsp3) is 0.167. The molecular formula is C18H16N2O3S3. The van der Waals surface area contributed by atoms with E-state index in [1.807, 2.05) is 23.6 Å². The highest BCUT2D eigenvalue weighted by Gasteiger charge is 2.25. The van der Waals surface area contributed by atoms with Crippen LogP contribution in [0.15, 0.2) is 57.4 Å². The molecule has 0 aliphatic carbocycles. The maximum Gasteiger partial charge on any atom is 0.271 e. The summed E-state index contributed by atoms with van der Waals surface area (Å²) >= 11 is 2.58. The van der Waals surface area contributed by atoms with Crippen LogP contribution in [0, 0.1) is 0 Å². The fourth-order valence-electron chi connectivity index (χ4n) is 3.00. The third-order valence-corrected chi connectivity index (χ3v) is 7.83.